The largest absolute Gasteiger partial charge is 0.484 e. The van der Waals surface area contributed by atoms with Gasteiger partial charge in [0.05, 0.1) is 11.6 Å². The Hall–Kier alpha value is -2.80. The summed E-state index contributed by atoms with van der Waals surface area (Å²) in [5.41, 5.74) is 2.35. The highest BCUT2D eigenvalue weighted by atomic mass is 16.5. The average Bonchev–Trinajstić information content (AvgIpc) is 2.60. The first-order valence-electron chi connectivity index (χ1n) is 7.65. The number of carbonyl (C=O) groups is 1. The van der Waals surface area contributed by atoms with Crippen LogP contribution in [-0.2, 0) is 4.79 Å². The Balaban J connectivity index is 1.88. The van der Waals surface area contributed by atoms with Gasteiger partial charge in [-0.1, -0.05) is 32.0 Å². The van der Waals surface area contributed by atoms with Gasteiger partial charge in [-0.25, -0.2) is 0 Å². The van der Waals surface area contributed by atoms with Gasteiger partial charge in [0.25, 0.3) is 5.91 Å². The van der Waals surface area contributed by atoms with Crippen LogP contribution in [0.25, 0.3) is 0 Å². The van der Waals surface area contributed by atoms with Crippen molar-refractivity contribution >= 4 is 11.6 Å². The molecule has 23 heavy (non-hydrogen) atoms. The molecule has 0 aromatic heterocycles. The van der Waals surface area contributed by atoms with E-state index in [4.69, 9.17) is 10.00 Å². The molecule has 0 radical (unpaired) electrons. The van der Waals surface area contributed by atoms with Crippen molar-refractivity contribution in [2.24, 2.45) is 0 Å². The van der Waals surface area contributed by atoms with Gasteiger partial charge in [-0.3, -0.25) is 4.79 Å². The van der Waals surface area contributed by atoms with E-state index in [1.54, 1.807) is 24.3 Å². The number of rotatable bonds is 6. The van der Waals surface area contributed by atoms with Gasteiger partial charge in [0.1, 0.15) is 5.75 Å². The van der Waals surface area contributed by atoms with Crippen LogP contribution in [0.1, 0.15) is 37.3 Å². The Kier molecular flexibility index (Phi) is 5.76. The monoisotopic (exact) mass is 308 g/mol. The van der Waals surface area contributed by atoms with Gasteiger partial charge >= 0.3 is 0 Å². The molecule has 0 unspecified atom stereocenters. The van der Waals surface area contributed by atoms with Crippen molar-refractivity contribution in [2.75, 3.05) is 11.9 Å². The Morgan fingerprint density at radius 3 is 2.65 bits per heavy atom. The van der Waals surface area contributed by atoms with Crippen LogP contribution in [0, 0.1) is 11.3 Å². The molecule has 0 bridgehead atoms. The third-order valence-electron chi connectivity index (χ3n) is 3.71. The van der Waals surface area contributed by atoms with E-state index in [0.717, 1.165) is 6.42 Å². The van der Waals surface area contributed by atoms with Crippen molar-refractivity contribution in [1.82, 2.24) is 0 Å². The van der Waals surface area contributed by atoms with Crippen molar-refractivity contribution in [2.45, 2.75) is 26.2 Å². The predicted molar refractivity (Wildman–Crippen MR) is 90.4 cm³/mol. The maximum Gasteiger partial charge on any atom is 0.262 e. The van der Waals surface area contributed by atoms with Gasteiger partial charge in [-0.2, -0.15) is 5.26 Å². The Bertz CT molecular complexity index is 702. The zero-order chi connectivity index (χ0) is 16.7. The fraction of sp³-hybridized carbons (Fsp3) is 0.263. The number of carbonyl (C=O) groups excluding carboxylic acids is 1. The number of hydrogen-bond acceptors (Lipinski definition) is 3. The summed E-state index contributed by atoms with van der Waals surface area (Å²) < 4.78 is 5.49. The fourth-order valence-corrected chi connectivity index (χ4v) is 2.14. The maximum atomic E-state index is 11.9. The number of nitriles is 1. The van der Waals surface area contributed by atoms with E-state index < -0.39 is 0 Å². The lowest BCUT2D eigenvalue weighted by Gasteiger charge is -2.11. The van der Waals surface area contributed by atoms with Gasteiger partial charge in [0.2, 0.25) is 0 Å². The minimum absolute atomic E-state index is 0.0700. The molecule has 2 rings (SSSR count). The van der Waals surface area contributed by atoms with E-state index in [0.29, 0.717) is 22.9 Å². The van der Waals surface area contributed by atoms with E-state index in [1.165, 1.54) is 5.56 Å². The van der Waals surface area contributed by atoms with E-state index in [2.05, 4.69) is 19.2 Å². The zero-order valence-corrected chi connectivity index (χ0v) is 13.4. The Morgan fingerprint density at radius 2 is 2.00 bits per heavy atom. The molecule has 0 fully saturated rings. The topological polar surface area (TPSA) is 62.1 Å². The first-order valence-corrected chi connectivity index (χ1v) is 7.65. The van der Waals surface area contributed by atoms with Crippen LogP contribution in [0.2, 0.25) is 0 Å². The first kappa shape index (κ1) is 16.6. The van der Waals surface area contributed by atoms with E-state index in [-0.39, 0.29) is 12.5 Å². The number of benzene rings is 2. The van der Waals surface area contributed by atoms with Crippen LogP contribution < -0.4 is 10.1 Å². The molecule has 4 heteroatoms. The van der Waals surface area contributed by atoms with Gasteiger partial charge < -0.3 is 10.1 Å². The molecular formula is C19H20N2O2. The van der Waals surface area contributed by atoms with Gasteiger partial charge in [-0.15, -0.1) is 0 Å². The lowest BCUT2D eigenvalue weighted by Crippen LogP contribution is -2.20. The highest BCUT2D eigenvalue weighted by Gasteiger charge is 2.06. The third-order valence-corrected chi connectivity index (χ3v) is 3.71. The predicted octanol–water partition coefficient (Wildman–Crippen LogP) is 4.09. The van der Waals surface area contributed by atoms with Crippen molar-refractivity contribution in [3.63, 3.8) is 0 Å². The van der Waals surface area contributed by atoms with Crippen LogP contribution in [0.5, 0.6) is 5.75 Å². The quantitative estimate of drug-likeness (QED) is 0.874. The molecule has 0 aliphatic rings. The molecule has 1 N–H and O–H groups in total. The second kappa shape index (κ2) is 8.00. The molecule has 0 saturated carbocycles. The molecule has 2 aromatic carbocycles. The standard InChI is InChI=1S/C19H20N2O2/c1-3-14(2)16-7-9-18(10-8-16)23-13-19(22)21-17-6-4-5-15(11-17)12-20/h4-11,14H,3,13H2,1-2H3,(H,21,22)/t14-/m0/s1. The minimum atomic E-state index is -0.258. The number of nitrogens with zero attached hydrogens (tertiary/aromatic N) is 1. The van der Waals surface area contributed by atoms with E-state index in [1.807, 2.05) is 30.3 Å². The summed E-state index contributed by atoms with van der Waals surface area (Å²) in [6, 6.07) is 16.6. The second-order valence-electron chi connectivity index (χ2n) is 5.41. The number of amides is 1. The summed E-state index contributed by atoms with van der Waals surface area (Å²) in [5, 5.41) is 11.6. The molecule has 0 aliphatic carbocycles. The van der Waals surface area contributed by atoms with Gasteiger partial charge in [0, 0.05) is 5.69 Å². The number of hydrogen-bond donors (Lipinski definition) is 1. The number of anilines is 1. The molecule has 2 aromatic rings. The summed E-state index contributed by atoms with van der Waals surface area (Å²) in [7, 11) is 0. The van der Waals surface area contributed by atoms with Gasteiger partial charge in [0.15, 0.2) is 6.61 Å². The van der Waals surface area contributed by atoms with Crippen LogP contribution in [0.15, 0.2) is 48.5 Å². The lowest BCUT2D eigenvalue weighted by atomic mass is 9.99. The second-order valence-corrected chi connectivity index (χ2v) is 5.41. The Labute approximate surface area is 136 Å². The molecule has 0 saturated heterocycles. The van der Waals surface area contributed by atoms with Crippen LogP contribution in [0.4, 0.5) is 5.69 Å². The maximum absolute atomic E-state index is 11.9. The summed E-state index contributed by atoms with van der Waals surface area (Å²) in [4.78, 5) is 11.9. The zero-order valence-electron chi connectivity index (χ0n) is 13.4. The summed E-state index contributed by atoms with van der Waals surface area (Å²) >= 11 is 0. The minimum Gasteiger partial charge on any atom is -0.484 e. The third kappa shape index (κ3) is 4.86. The summed E-state index contributed by atoms with van der Waals surface area (Å²) in [5.74, 6) is 0.920. The average molecular weight is 308 g/mol. The number of nitrogens with one attached hydrogen (secondary N) is 1. The molecule has 1 amide bonds. The first-order chi connectivity index (χ1) is 11.1. The fourth-order valence-electron chi connectivity index (χ4n) is 2.14. The summed E-state index contributed by atoms with van der Waals surface area (Å²) in [6.07, 6.45) is 1.09. The van der Waals surface area contributed by atoms with Crippen molar-refractivity contribution in [3.8, 4) is 11.8 Å². The molecule has 0 aliphatic heterocycles. The Morgan fingerprint density at radius 1 is 1.26 bits per heavy atom. The van der Waals surface area contributed by atoms with Crippen molar-refractivity contribution < 1.29 is 9.53 Å². The van der Waals surface area contributed by atoms with Crippen LogP contribution >= 0.6 is 0 Å². The highest BCUT2D eigenvalue weighted by molar-refractivity contribution is 5.92. The highest BCUT2D eigenvalue weighted by Crippen LogP contribution is 2.21. The molecule has 0 spiro atoms. The van der Waals surface area contributed by atoms with Gasteiger partial charge in [-0.05, 0) is 48.2 Å². The normalized spacial score (nSPS) is 11.3. The SMILES string of the molecule is CC[C@H](C)c1ccc(OCC(=O)Nc2cccc(C#N)c2)cc1. The molecule has 0 heterocycles. The van der Waals surface area contributed by atoms with Crippen LogP contribution in [0.3, 0.4) is 0 Å². The van der Waals surface area contributed by atoms with Crippen molar-refractivity contribution in [3.05, 3.63) is 59.7 Å². The number of ether oxygens (including phenoxy) is 1. The van der Waals surface area contributed by atoms with E-state index in [9.17, 15) is 4.79 Å². The molecule has 118 valence electrons. The summed E-state index contributed by atoms with van der Waals surface area (Å²) in [6.45, 7) is 4.26. The van der Waals surface area contributed by atoms with Crippen molar-refractivity contribution in [1.29, 1.82) is 5.26 Å². The molecular weight excluding hydrogens is 288 g/mol. The lowest BCUT2D eigenvalue weighted by molar-refractivity contribution is -0.118. The van der Waals surface area contributed by atoms with Crippen LogP contribution in [-0.4, -0.2) is 12.5 Å². The molecule has 4 nitrogen and oxygen atoms in total. The molecule has 1 atom stereocenters. The smallest absolute Gasteiger partial charge is 0.262 e. The van der Waals surface area contributed by atoms with E-state index >= 15 is 0 Å².